The lowest BCUT2D eigenvalue weighted by Crippen LogP contribution is -2.53. The number of carbonyl (C=O) groups excluding carboxylic acids is 1. The van der Waals surface area contributed by atoms with Gasteiger partial charge in [-0.1, -0.05) is 0 Å². The topological polar surface area (TPSA) is 104 Å². The Hall–Kier alpha value is -2.20. The van der Waals surface area contributed by atoms with Crippen LogP contribution in [0.2, 0.25) is 0 Å². The Bertz CT molecular complexity index is 751. The summed E-state index contributed by atoms with van der Waals surface area (Å²) in [4.78, 5) is 26.0. The Morgan fingerprint density at radius 3 is 1.96 bits per heavy atom. The Kier molecular flexibility index (Phi) is 4.91. The van der Waals surface area contributed by atoms with E-state index < -0.39 is 14.9 Å². The first-order valence-corrected chi connectivity index (χ1v) is 9.62. The zero-order chi connectivity index (χ0) is 18.0. The highest BCUT2D eigenvalue weighted by atomic mass is 32.2. The molecule has 0 spiro atoms. The van der Waals surface area contributed by atoms with Crippen molar-refractivity contribution in [1.29, 1.82) is 0 Å². The van der Waals surface area contributed by atoms with E-state index >= 15 is 0 Å². The van der Waals surface area contributed by atoms with Crippen molar-refractivity contribution in [2.45, 2.75) is 17.7 Å². The average Bonchev–Trinajstić information content (AvgIpc) is 3.16. The Morgan fingerprint density at radius 2 is 1.44 bits per heavy atom. The summed E-state index contributed by atoms with van der Waals surface area (Å²) in [6.07, 6.45) is 2.03. The van der Waals surface area contributed by atoms with Gasteiger partial charge in [-0.25, -0.2) is 13.2 Å². The van der Waals surface area contributed by atoms with Gasteiger partial charge in [0.1, 0.15) is 0 Å². The molecule has 2 amide bonds. The third-order valence-electron chi connectivity index (χ3n) is 4.57. The maximum absolute atomic E-state index is 12.6. The smallest absolute Gasteiger partial charge is 0.320 e. The van der Waals surface area contributed by atoms with Crippen molar-refractivity contribution in [1.82, 2.24) is 14.1 Å². The molecule has 25 heavy (non-hydrogen) atoms. The first-order valence-electron chi connectivity index (χ1n) is 8.18. The lowest BCUT2D eigenvalue weighted by Gasteiger charge is -2.35. The van der Waals surface area contributed by atoms with Crippen LogP contribution >= 0.6 is 0 Å². The number of benzene rings is 1. The van der Waals surface area contributed by atoms with Gasteiger partial charge >= 0.3 is 6.03 Å². The molecule has 2 aliphatic heterocycles. The summed E-state index contributed by atoms with van der Waals surface area (Å²) in [6, 6.07) is 4.83. The molecule has 0 N–H and O–H groups in total. The number of hydrogen-bond donors (Lipinski definition) is 0. The average molecular weight is 368 g/mol. The number of urea groups is 1. The molecule has 10 heteroatoms. The molecule has 2 heterocycles. The van der Waals surface area contributed by atoms with Gasteiger partial charge in [0.05, 0.1) is 9.82 Å². The number of nitro groups is 1. The van der Waals surface area contributed by atoms with Gasteiger partial charge in [0.15, 0.2) is 0 Å². The zero-order valence-electron chi connectivity index (χ0n) is 13.7. The van der Waals surface area contributed by atoms with E-state index in [1.807, 2.05) is 0 Å². The van der Waals surface area contributed by atoms with Crippen LogP contribution in [0.15, 0.2) is 29.2 Å². The van der Waals surface area contributed by atoms with Crippen LogP contribution in [0, 0.1) is 10.1 Å². The highest BCUT2D eigenvalue weighted by Crippen LogP contribution is 2.21. The number of rotatable bonds is 3. The largest absolute Gasteiger partial charge is 0.325 e. The molecule has 0 aromatic heterocycles. The van der Waals surface area contributed by atoms with Crippen LogP contribution in [0.1, 0.15) is 12.8 Å². The van der Waals surface area contributed by atoms with Crippen molar-refractivity contribution in [2.24, 2.45) is 0 Å². The van der Waals surface area contributed by atoms with E-state index in [0.29, 0.717) is 13.1 Å². The second-order valence-electron chi connectivity index (χ2n) is 6.12. The quantitative estimate of drug-likeness (QED) is 0.587. The van der Waals surface area contributed by atoms with Crippen LogP contribution in [0.5, 0.6) is 0 Å². The molecule has 2 aliphatic rings. The number of carbonyl (C=O) groups is 1. The molecule has 0 bridgehead atoms. The number of piperazine rings is 1. The number of hydrogen-bond acceptors (Lipinski definition) is 5. The minimum absolute atomic E-state index is 0.0233. The second kappa shape index (κ2) is 6.96. The Labute approximate surface area is 146 Å². The van der Waals surface area contributed by atoms with Crippen molar-refractivity contribution in [2.75, 3.05) is 39.3 Å². The third kappa shape index (κ3) is 3.59. The molecule has 9 nitrogen and oxygen atoms in total. The van der Waals surface area contributed by atoms with E-state index in [2.05, 4.69) is 0 Å². The third-order valence-corrected chi connectivity index (χ3v) is 6.48. The van der Waals surface area contributed by atoms with Gasteiger partial charge in [-0.05, 0) is 25.0 Å². The second-order valence-corrected chi connectivity index (χ2v) is 8.06. The Balaban J connectivity index is 1.64. The summed E-state index contributed by atoms with van der Waals surface area (Å²) in [7, 11) is -3.71. The number of nitrogens with zero attached hydrogens (tertiary/aromatic N) is 4. The van der Waals surface area contributed by atoms with Gasteiger partial charge in [-0.2, -0.15) is 4.31 Å². The predicted octanol–water partition coefficient (Wildman–Crippen LogP) is 1.12. The molecule has 0 radical (unpaired) electrons. The van der Waals surface area contributed by atoms with E-state index in [1.54, 1.807) is 9.80 Å². The van der Waals surface area contributed by atoms with E-state index in [1.165, 1.54) is 28.6 Å². The van der Waals surface area contributed by atoms with Crippen LogP contribution in [0.25, 0.3) is 0 Å². The van der Waals surface area contributed by atoms with Gasteiger partial charge in [0, 0.05) is 51.4 Å². The SMILES string of the molecule is O=C(N1CCCC1)N1CCN(S(=O)(=O)c2ccc([N+](=O)[O-])cc2)CC1. The van der Waals surface area contributed by atoms with Crippen molar-refractivity contribution >= 4 is 21.7 Å². The Morgan fingerprint density at radius 1 is 0.920 bits per heavy atom. The summed E-state index contributed by atoms with van der Waals surface area (Å²) in [5.74, 6) is 0. The summed E-state index contributed by atoms with van der Waals surface area (Å²) in [5.41, 5.74) is -0.153. The molecule has 136 valence electrons. The lowest BCUT2D eigenvalue weighted by atomic mass is 10.3. The molecule has 2 fully saturated rings. The molecule has 0 aliphatic carbocycles. The molecule has 3 rings (SSSR count). The fourth-order valence-electron chi connectivity index (χ4n) is 3.12. The maximum Gasteiger partial charge on any atom is 0.320 e. The molecular weight excluding hydrogens is 348 g/mol. The minimum Gasteiger partial charge on any atom is -0.325 e. The molecule has 2 saturated heterocycles. The highest BCUT2D eigenvalue weighted by Gasteiger charge is 2.32. The maximum atomic E-state index is 12.6. The van der Waals surface area contributed by atoms with Gasteiger partial charge in [0.2, 0.25) is 10.0 Å². The summed E-state index contributed by atoms with van der Waals surface area (Å²) < 4.78 is 26.6. The van der Waals surface area contributed by atoms with Crippen LogP contribution in [0.4, 0.5) is 10.5 Å². The normalized spacial score (nSPS) is 19.2. The fraction of sp³-hybridized carbons (Fsp3) is 0.533. The predicted molar refractivity (Wildman–Crippen MR) is 89.6 cm³/mol. The lowest BCUT2D eigenvalue weighted by molar-refractivity contribution is -0.384. The fourth-order valence-corrected chi connectivity index (χ4v) is 4.54. The standard InChI is InChI=1S/C15H20N4O5S/c20-15(16-7-1-2-8-16)17-9-11-18(12-10-17)25(23,24)14-5-3-13(4-6-14)19(21)22/h3-6H,1-2,7-12H2. The monoisotopic (exact) mass is 368 g/mol. The summed E-state index contributed by atoms with van der Waals surface area (Å²) in [6.45, 7) is 2.67. The molecule has 0 saturated carbocycles. The highest BCUT2D eigenvalue weighted by molar-refractivity contribution is 7.89. The van der Waals surface area contributed by atoms with Crippen LogP contribution < -0.4 is 0 Å². The number of amides is 2. The van der Waals surface area contributed by atoms with Crippen molar-refractivity contribution < 1.29 is 18.1 Å². The molecule has 1 aromatic carbocycles. The number of likely N-dealkylation sites (tertiary alicyclic amines) is 1. The zero-order valence-corrected chi connectivity index (χ0v) is 14.5. The summed E-state index contributed by atoms with van der Waals surface area (Å²) in [5, 5.41) is 10.7. The van der Waals surface area contributed by atoms with Crippen molar-refractivity contribution in [3.8, 4) is 0 Å². The van der Waals surface area contributed by atoms with Crippen LogP contribution in [-0.4, -0.2) is 72.7 Å². The number of nitro benzene ring substituents is 1. The van der Waals surface area contributed by atoms with Crippen LogP contribution in [0.3, 0.4) is 0 Å². The van der Waals surface area contributed by atoms with Crippen molar-refractivity contribution in [3.63, 3.8) is 0 Å². The minimum atomic E-state index is -3.71. The molecule has 1 aromatic rings. The first-order chi connectivity index (χ1) is 11.9. The van der Waals surface area contributed by atoms with Gasteiger partial charge in [0.25, 0.3) is 5.69 Å². The van der Waals surface area contributed by atoms with Crippen LogP contribution in [-0.2, 0) is 10.0 Å². The molecule has 0 atom stereocenters. The van der Waals surface area contributed by atoms with Gasteiger partial charge < -0.3 is 9.80 Å². The number of non-ortho nitro benzene ring substituents is 1. The first kappa shape index (κ1) is 17.6. The van der Waals surface area contributed by atoms with E-state index in [-0.39, 0.29) is 29.7 Å². The van der Waals surface area contributed by atoms with E-state index in [0.717, 1.165) is 25.9 Å². The molecular formula is C15H20N4O5S. The molecule has 0 unspecified atom stereocenters. The summed E-state index contributed by atoms with van der Waals surface area (Å²) >= 11 is 0. The van der Waals surface area contributed by atoms with Gasteiger partial charge in [-0.15, -0.1) is 0 Å². The van der Waals surface area contributed by atoms with E-state index in [9.17, 15) is 23.3 Å². The number of sulfonamides is 1. The van der Waals surface area contributed by atoms with E-state index in [4.69, 9.17) is 0 Å². The van der Waals surface area contributed by atoms with Gasteiger partial charge in [-0.3, -0.25) is 10.1 Å². The van der Waals surface area contributed by atoms with Crippen molar-refractivity contribution in [3.05, 3.63) is 34.4 Å².